The highest BCUT2D eigenvalue weighted by molar-refractivity contribution is 6.00. The molecule has 3 amide bonds. The molecule has 2 saturated heterocycles. The molecule has 2 unspecified atom stereocenters. The predicted octanol–water partition coefficient (Wildman–Crippen LogP) is 3.87. The van der Waals surface area contributed by atoms with E-state index in [2.05, 4.69) is 12.2 Å². The minimum Gasteiger partial charge on any atom is -0.483 e. The number of para-hydroxylation sites is 2. The summed E-state index contributed by atoms with van der Waals surface area (Å²) < 4.78 is 5.91. The topological polar surface area (TPSA) is 79.0 Å². The molecule has 2 aromatic rings. The van der Waals surface area contributed by atoms with Crippen molar-refractivity contribution in [1.82, 2.24) is 10.2 Å². The Bertz CT molecular complexity index is 1060. The van der Waals surface area contributed by atoms with Crippen LogP contribution in [0.15, 0.2) is 48.5 Å². The second-order valence-corrected chi connectivity index (χ2v) is 9.27. The molecule has 2 heterocycles. The van der Waals surface area contributed by atoms with Gasteiger partial charge in [-0.15, -0.1) is 0 Å². The molecule has 0 radical (unpaired) electrons. The van der Waals surface area contributed by atoms with Gasteiger partial charge in [0.2, 0.25) is 11.8 Å². The summed E-state index contributed by atoms with van der Waals surface area (Å²) in [5.74, 6) is 0.0265. The lowest BCUT2D eigenvalue weighted by Crippen LogP contribution is -2.36. The zero-order valence-corrected chi connectivity index (χ0v) is 20.7. The number of carbonyl (C=O) groups excluding carboxylic acids is 3. The first-order valence-corrected chi connectivity index (χ1v) is 12.7. The fourth-order valence-corrected chi connectivity index (χ4v) is 4.98. The van der Waals surface area contributed by atoms with Crippen LogP contribution in [0.1, 0.15) is 56.7 Å². The summed E-state index contributed by atoms with van der Waals surface area (Å²) in [5.41, 5.74) is 2.83. The summed E-state index contributed by atoms with van der Waals surface area (Å²) in [6.45, 7) is 6.01. The molecule has 2 aliphatic rings. The fraction of sp³-hybridized carbons (Fsp3) is 0.464. The zero-order valence-electron chi connectivity index (χ0n) is 20.7. The third-order valence-corrected chi connectivity index (χ3v) is 6.99. The standard InChI is InChI=1S/C28H35N3O4/c1-3-20-11-5-7-13-24(20)31-18-21(17-26(31)32)28(34)29-23(4-2)22-12-6-8-14-25(22)35-19-27(33)30-15-9-10-16-30/h5-8,11-14,21,23H,3-4,9-10,15-19H2,1-2H3,(H,29,34). The molecule has 186 valence electrons. The zero-order chi connectivity index (χ0) is 24.8. The van der Waals surface area contributed by atoms with Gasteiger partial charge in [-0.2, -0.15) is 0 Å². The van der Waals surface area contributed by atoms with Crippen LogP contribution in [-0.2, 0) is 20.8 Å². The molecule has 0 aromatic heterocycles. The van der Waals surface area contributed by atoms with E-state index in [1.807, 2.05) is 60.4 Å². The molecule has 0 bridgehead atoms. The van der Waals surface area contributed by atoms with Crippen LogP contribution in [0.5, 0.6) is 5.75 Å². The minimum atomic E-state index is -0.411. The van der Waals surface area contributed by atoms with Gasteiger partial charge in [-0.1, -0.05) is 50.2 Å². The van der Waals surface area contributed by atoms with Crippen molar-refractivity contribution >= 4 is 23.4 Å². The van der Waals surface area contributed by atoms with Gasteiger partial charge in [0.25, 0.3) is 5.91 Å². The molecular formula is C28H35N3O4. The molecule has 1 N–H and O–H groups in total. The summed E-state index contributed by atoms with van der Waals surface area (Å²) in [6.07, 6.45) is 3.76. The third-order valence-electron chi connectivity index (χ3n) is 6.99. The summed E-state index contributed by atoms with van der Waals surface area (Å²) in [7, 11) is 0. The van der Waals surface area contributed by atoms with Gasteiger partial charge in [0, 0.05) is 37.3 Å². The van der Waals surface area contributed by atoms with Gasteiger partial charge in [-0.3, -0.25) is 14.4 Å². The largest absolute Gasteiger partial charge is 0.483 e. The van der Waals surface area contributed by atoms with Crippen molar-refractivity contribution in [2.24, 2.45) is 5.92 Å². The summed E-state index contributed by atoms with van der Waals surface area (Å²) in [6, 6.07) is 15.1. The van der Waals surface area contributed by atoms with Crippen LogP contribution in [0.3, 0.4) is 0 Å². The molecule has 0 aliphatic carbocycles. The number of rotatable bonds is 9. The first-order valence-electron chi connectivity index (χ1n) is 12.7. The van der Waals surface area contributed by atoms with E-state index in [1.165, 1.54) is 0 Å². The second kappa shape index (κ2) is 11.4. The van der Waals surface area contributed by atoms with E-state index in [9.17, 15) is 14.4 Å². The Hall–Kier alpha value is -3.35. The molecule has 2 aliphatic heterocycles. The Kier molecular flexibility index (Phi) is 8.06. The number of anilines is 1. The number of carbonyl (C=O) groups is 3. The van der Waals surface area contributed by atoms with Crippen LogP contribution < -0.4 is 15.0 Å². The molecule has 7 heteroatoms. The van der Waals surface area contributed by atoms with Crippen molar-refractivity contribution in [2.75, 3.05) is 31.1 Å². The van der Waals surface area contributed by atoms with E-state index in [0.29, 0.717) is 18.7 Å². The number of amides is 3. The van der Waals surface area contributed by atoms with E-state index in [1.54, 1.807) is 4.90 Å². The van der Waals surface area contributed by atoms with E-state index in [4.69, 9.17) is 4.74 Å². The average Bonchev–Trinajstić information content (AvgIpc) is 3.56. The highest BCUT2D eigenvalue weighted by Crippen LogP contribution is 2.31. The van der Waals surface area contributed by atoms with Crippen LogP contribution in [-0.4, -0.2) is 48.9 Å². The highest BCUT2D eigenvalue weighted by Gasteiger charge is 2.36. The smallest absolute Gasteiger partial charge is 0.260 e. The van der Waals surface area contributed by atoms with Crippen molar-refractivity contribution in [2.45, 2.75) is 52.0 Å². The monoisotopic (exact) mass is 477 g/mol. The Morgan fingerprint density at radius 1 is 1.06 bits per heavy atom. The molecule has 7 nitrogen and oxygen atoms in total. The molecule has 4 rings (SSSR count). The number of aryl methyl sites for hydroxylation is 1. The maximum absolute atomic E-state index is 13.2. The molecule has 2 atom stereocenters. The number of ether oxygens (including phenoxy) is 1. The lowest BCUT2D eigenvalue weighted by atomic mass is 10.0. The lowest BCUT2D eigenvalue weighted by Gasteiger charge is -2.23. The van der Waals surface area contributed by atoms with Crippen molar-refractivity contribution in [3.63, 3.8) is 0 Å². The van der Waals surface area contributed by atoms with Crippen molar-refractivity contribution in [3.8, 4) is 5.75 Å². The molecule has 35 heavy (non-hydrogen) atoms. The van der Waals surface area contributed by atoms with Crippen molar-refractivity contribution in [3.05, 3.63) is 59.7 Å². The number of likely N-dealkylation sites (tertiary alicyclic amines) is 1. The van der Waals surface area contributed by atoms with Crippen LogP contribution >= 0.6 is 0 Å². The van der Waals surface area contributed by atoms with Gasteiger partial charge in [-0.05, 0) is 43.4 Å². The van der Waals surface area contributed by atoms with E-state index in [-0.39, 0.29) is 36.8 Å². The first kappa shape index (κ1) is 24.8. The van der Waals surface area contributed by atoms with Crippen LogP contribution in [0.2, 0.25) is 0 Å². The number of hydrogen-bond acceptors (Lipinski definition) is 4. The highest BCUT2D eigenvalue weighted by atomic mass is 16.5. The SMILES string of the molecule is CCc1ccccc1N1CC(C(=O)NC(CC)c2ccccc2OCC(=O)N2CCCC2)CC1=O. The molecule has 0 spiro atoms. The molecular weight excluding hydrogens is 442 g/mol. The average molecular weight is 478 g/mol. The van der Waals surface area contributed by atoms with Gasteiger partial charge in [0.1, 0.15) is 5.75 Å². The Morgan fingerprint density at radius 3 is 2.51 bits per heavy atom. The minimum absolute atomic E-state index is 0.00805. The molecule has 2 aromatic carbocycles. The Balaban J connectivity index is 1.42. The van der Waals surface area contributed by atoms with E-state index in [0.717, 1.165) is 49.2 Å². The predicted molar refractivity (Wildman–Crippen MR) is 135 cm³/mol. The fourth-order valence-electron chi connectivity index (χ4n) is 4.98. The van der Waals surface area contributed by atoms with Crippen LogP contribution in [0, 0.1) is 5.92 Å². The van der Waals surface area contributed by atoms with E-state index >= 15 is 0 Å². The number of benzene rings is 2. The van der Waals surface area contributed by atoms with Gasteiger partial charge < -0.3 is 19.9 Å². The second-order valence-electron chi connectivity index (χ2n) is 9.27. The van der Waals surface area contributed by atoms with Crippen LogP contribution in [0.4, 0.5) is 5.69 Å². The van der Waals surface area contributed by atoms with Gasteiger partial charge >= 0.3 is 0 Å². The molecule has 0 saturated carbocycles. The summed E-state index contributed by atoms with van der Waals surface area (Å²) in [5, 5.41) is 3.14. The number of hydrogen-bond donors (Lipinski definition) is 1. The normalized spacial score (nSPS) is 18.6. The first-order chi connectivity index (χ1) is 17.0. The van der Waals surface area contributed by atoms with Crippen molar-refractivity contribution < 1.29 is 19.1 Å². The lowest BCUT2D eigenvalue weighted by molar-refractivity contribution is -0.132. The van der Waals surface area contributed by atoms with Crippen molar-refractivity contribution in [1.29, 1.82) is 0 Å². The van der Waals surface area contributed by atoms with Gasteiger partial charge in [0.15, 0.2) is 6.61 Å². The Labute approximate surface area is 207 Å². The Morgan fingerprint density at radius 2 is 1.77 bits per heavy atom. The maximum atomic E-state index is 13.2. The molecule has 2 fully saturated rings. The number of nitrogens with one attached hydrogen (secondary N) is 1. The van der Waals surface area contributed by atoms with Gasteiger partial charge in [0.05, 0.1) is 12.0 Å². The van der Waals surface area contributed by atoms with E-state index < -0.39 is 5.92 Å². The summed E-state index contributed by atoms with van der Waals surface area (Å²) in [4.78, 5) is 42.0. The summed E-state index contributed by atoms with van der Waals surface area (Å²) >= 11 is 0. The van der Waals surface area contributed by atoms with Crippen LogP contribution in [0.25, 0.3) is 0 Å². The number of nitrogens with zero attached hydrogens (tertiary/aromatic N) is 2. The third kappa shape index (κ3) is 5.66. The van der Waals surface area contributed by atoms with Gasteiger partial charge in [-0.25, -0.2) is 0 Å². The maximum Gasteiger partial charge on any atom is 0.260 e. The quantitative estimate of drug-likeness (QED) is 0.595.